The van der Waals surface area contributed by atoms with Gasteiger partial charge in [0.2, 0.25) is 0 Å². The maximum atomic E-state index is 11.7. The third-order valence-electron chi connectivity index (χ3n) is 3.12. The van der Waals surface area contributed by atoms with Crippen LogP contribution in [0, 0.1) is 11.3 Å². The Bertz CT molecular complexity index is 340. The van der Waals surface area contributed by atoms with Crippen molar-refractivity contribution in [2.24, 2.45) is 0 Å². The van der Waals surface area contributed by atoms with E-state index < -0.39 is 9.84 Å². The van der Waals surface area contributed by atoms with Crippen molar-refractivity contribution in [2.75, 3.05) is 31.1 Å². The lowest BCUT2D eigenvalue weighted by Crippen LogP contribution is -2.23. The second-order valence-corrected chi connectivity index (χ2v) is 6.97. The van der Waals surface area contributed by atoms with Gasteiger partial charge < -0.3 is 4.90 Å². The molecule has 0 aliphatic carbocycles. The smallest absolute Gasteiger partial charge is 0.150 e. The van der Waals surface area contributed by atoms with E-state index in [4.69, 9.17) is 5.26 Å². The van der Waals surface area contributed by atoms with Crippen molar-refractivity contribution in [3.05, 3.63) is 0 Å². The van der Waals surface area contributed by atoms with Crippen molar-refractivity contribution in [1.29, 1.82) is 5.26 Å². The van der Waals surface area contributed by atoms with Gasteiger partial charge in [-0.15, -0.1) is 0 Å². The van der Waals surface area contributed by atoms with E-state index in [1.165, 1.54) is 12.8 Å². The summed E-state index contributed by atoms with van der Waals surface area (Å²) in [5.41, 5.74) is 0. The van der Waals surface area contributed by atoms with Crippen LogP contribution in [0.4, 0.5) is 0 Å². The summed E-state index contributed by atoms with van der Waals surface area (Å²) in [5, 5.41) is 8.35. The van der Waals surface area contributed by atoms with Crippen molar-refractivity contribution < 1.29 is 8.42 Å². The van der Waals surface area contributed by atoms with Crippen molar-refractivity contribution in [2.45, 2.75) is 38.5 Å². The van der Waals surface area contributed by atoms with Crippen molar-refractivity contribution in [1.82, 2.24) is 4.90 Å². The minimum Gasteiger partial charge on any atom is -0.303 e. The lowest BCUT2D eigenvalue weighted by atomic mass is 10.3. The van der Waals surface area contributed by atoms with Gasteiger partial charge >= 0.3 is 0 Å². The van der Waals surface area contributed by atoms with Crippen molar-refractivity contribution in [3.8, 4) is 6.07 Å². The second kappa shape index (κ2) is 7.67. The van der Waals surface area contributed by atoms with Gasteiger partial charge in [-0.25, -0.2) is 8.42 Å². The van der Waals surface area contributed by atoms with E-state index in [0.717, 1.165) is 26.1 Å². The van der Waals surface area contributed by atoms with Gasteiger partial charge in [0, 0.05) is 6.42 Å². The van der Waals surface area contributed by atoms with Crippen LogP contribution in [0.1, 0.15) is 38.5 Å². The van der Waals surface area contributed by atoms with Gasteiger partial charge in [0.1, 0.15) is 9.84 Å². The van der Waals surface area contributed by atoms with Crippen LogP contribution in [0.25, 0.3) is 0 Å². The number of rotatable bonds is 8. The summed E-state index contributed by atoms with van der Waals surface area (Å²) in [5.74, 6) is 0.546. The Balaban J connectivity index is 2.09. The molecule has 4 nitrogen and oxygen atoms in total. The standard InChI is InChI=1S/C12H22N2O2S/c13-7-2-1-5-11-17(15,16)12-6-10-14-8-3-4-9-14/h1-6,8-12H2. The summed E-state index contributed by atoms with van der Waals surface area (Å²) in [4.78, 5) is 2.34. The lowest BCUT2D eigenvalue weighted by molar-refractivity contribution is 0.340. The minimum absolute atomic E-state index is 0.245. The van der Waals surface area contributed by atoms with E-state index in [-0.39, 0.29) is 5.75 Å². The normalized spacial score (nSPS) is 17.1. The molecule has 98 valence electrons. The van der Waals surface area contributed by atoms with Crippen molar-refractivity contribution >= 4 is 9.84 Å². The van der Waals surface area contributed by atoms with Crippen LogP contribution >= 0.6 is 0 Å². The first-order valence-electron chi connectivity index (χ1n) is 6.44. The molecular formula is C12H22N2O2S. The molecule has 0 saturated carbocycles. The molecule has 0 amide bonds. The Morgan fingerprint density at radius 1 is 1.06 bits per heavy atom. The van der Waals surface area contributed by atoms with E-state index in [1.54, 1.807) is 0 Å². The first kappa shape index (κ1) is 14.5. The Kier molecular flexibility index (Phi) is 6.53. The maximum absolute atomic E-state index is 11.7. The molecule has 5 heteroatoms. The quantitative estimate of drug-likeness (QED) is 0.620. The summed E-state index contributed by atoms with van der Waals surface area (Å²) < 4.78 is 23.3. The molecule has 1 saturated heterocycles. The monoisotopic (exact) mass is 258 g/mol. The summed E-state index contributed by atoms with van der Waals surface area (Å²) in [6.45, 7) is 3.17. The fourth-order valence-electron chi connectivity index (χ4n) is 2.14. The molecule has 0 bridgehead atoms. The van der Waals surface area contributed by atoms with Gasteiger partial charge in [0.15, 0.2) is 0 Å². The molecule has 0 radical (unpaired) electrons. The Morgan fingerprint density at radius 3 is 2.35 bits per heavy atom. The van der Waals surface area contributed by atoms with Gasteiger partial charge in [-0.3, -0.25) is 0 Å². The topological polar surface area (TPSA) is 61.2 Å². The molecule has 0 aromatic rings. The van der Waals surface area contributed by atoms with E-state index in [2.05, 4.69) is 4.90 Å². The number of hydrogen-bond donors (Lipinski definition) is 0. The van der Waals surface area contributed by atoms with E-state index >= 15 is 0 Å². The van der Waals surface area contributed by atoms with Gasteiger partial charge in [-0.05, 0) is 51.7 Å². The molecule has 0 N–H and O–H groups in total. The lowest BCUT2D eigenvalue weighted by Gasteiger charge is -2.13. The van der Waals surface area contributed by atoms with Crippen LogP contribution in [0.2, 0.25) is 0 Å². The SMILES string of the molecule is N#CCCCCS(=O)(=O)CCCN1CCCC1. The molecule has 1 rings (SSSR count). The second-order valence-electron chi connectivity index (χ2n) is 4.67. The van der Waals surface area contributed by atoms with Gasteiger partial charge in [-0.1, -0.05) is 0 Å². The first-order chi connectivity index (χ1) is 8.14. The molecule has 0 unspecified atom stereocenters. The van der Waals surface area contributed by atoms with Crippen LogP contribution in [-0.2, 0) is 9.84 Å². The number of nitriles is 1. The number of likely N-dealkylation sites (tertiary alicyclic amines) is 1. The largest absolute Gasteiger partial charge is 0.303 e. The highest BCUT2D eigenvalue weighted by molar-refractivity contribution is 7.91. The highest BCUT2D eigenvalue weighted by Crippen LogP contribution is 2.08. The van der Waals surface area contributed by atoms with Crippen LogP contribution in [0.15, 0.2) is 0 Å². The first-order valence-corrected chi connectivity index (χ1v) is 8.26. The molecule has 1 aliphatic rings. The zero-order chi connectivity index (χ0) is 12.6. The molecule has 0 atom stereocenters. The number of hydrogen-bond acceptors (Lipinski definition) is 4. The zero-order valence-electron chi connectivity index (χ0n) is 10.4. The fraction of sp³-hybridized carbons (Fsp3) is 0.917. The molecular weight excluding hydrogens is 236 g/mol. The summed E-state index contributed by atoms with van der Waals surface area (Å²) in [7, 11) is -2.89. The summed E-state index contributed by atoms with van der Waals surface area (Å²) in [6.07, 6.45) is 5.03. The van der Waals surface area contributed by atoms with Crippen molar-refractivity contribution in [3.63, 3.8) is 0 Å². The Morgan fingerprint density at radius 2 is 1.71 bits per heavy atom. The molecule has 1 aliphatic heterocycles. The third kappa shape index (κ3) is 6.64. The number of nitrogens with zero attached hydrogens (tertiary/aromatic N) is 2. The average molecular weight is 258 g/mol. The third-order valence-corrected chi connectivity index (χ3v) is 4.94. The van der Waals surface area contributed by atoms with Gasteiger partial charge in [0.05, 0.1) is 17.6 Å². The number of unbranched alkanes of at least 4 members (excludes halogenated alkanes) is 2. The van der Waals surface area contributed by atoms with Gasteiger partial charge in [0.25, 0.3) is 0 Å². The molecule has 0 aromatic heterocycles. The minimum atomic E-state index is -2.89. The van der Waals surface area contributed by atoms with Gasteiger partial charge in [-0.2, -0.15) is 5.26 Å². The van der Waals surface area contributed by atoms with Crippen LogP contribution in [0.5, 0.6) is 0 Å². The summed E-state index contributed by atoms with van der Waals surface area (Å²) >= 11 is 0. The van der Waals surface area contributed by atoms with Crippen LogP contribution < -0.4 is 0 Å². The highest BCUT2D eigenvalue weighted by atomic mass is 32.2. The molecule has 17 heavy (non-hydrogen) atoms. The maximum Gasteiger partial charge on any atom is 0.150 e. The van der Waals surface area contributed by atoms with Crippen LogP contribution in [0.3, 0.4) is 0 Å². The van der Waals surface area contributed by atoms with E-state index in [1.807, 2.05) is 6.07 Å². The zero-order valence-corrected chi connectivity index (χ0v) is 11.2. The van der Waals surface area contributed by atoms with E-state index in [0.29, 0.717) is 25.0 Å². The van der Waals surface area contributed by atoms with E-state index in [9.17, 15) is 8.42 Å². The predicted molar refractivity (Wildman–Crippen MR) is 68.4 cm³/mol. The fourth-order valence-corrected chi connectivity index (χ4v) is 3.56. The summed E-state index contributed by atoms with van der Waals surface area (Å²) in [6, 6.07) is 2.03. The van der Waals surface area contributed by atoms with Crippen LogP contribution in [-0.4, -0.2) is 44.5 Å². The Labute approximate surface area is 105 Å². The molecule has 0 spiro atoms. The average Bonchev–Trinajstić information content (AvgIpc) is 2.77. The molecule has 1 fully saturated rings. The highest BCUT2D eigenvalue weighted by Gasteiger charge is 2.14. The Hall–Kier alpha value is -0.600. The predicted octanol–water partition coefficient (Wildman–Crippen LogP) is 1.58. The number of sulfone groups is 1. The molecule has 1 heterocycles. The molecule has 0 aromatic carbocycles.